The molecule has 0 saturated carbocycles. The Balaban J connectivity index is 2.31. The first-order chi connectivity index (χ1) is 7.63. The second-order valence-corrected chi connectivity index (χ2v) is 5.67. The molecule has 1 amide bonds. The lowest BCUT2D eigenvalue weighted by molar-refractivity contribution is -0.130. The number of thiol groups is 1. The van der Waals surface area contributed by atoms with Crippen LogP contribution in [0.1, 0.15) is 46.0 Å². The van der Waals surface area contributed by atoms with E-state index in [9.17, 15) is 4.79 Å². The van der Waals surface area contributed by atoms with Gasteiger partial charge >= 0.3 is 0 Å². The van der Waals surface area contributed by atoms with Crippen LogP contribution in [0.5, 0.6) is 0 Å². The molecule has 0 aromatic heterocycles. The van der Waals surface area contributed by atoms with E-state index in [4.69, 9.17) is 0 Å². The molecule has 0 N–H and O–H groups in total. The molecular formula is C13H25NOS. The zero-order valence-corrected chi connectivity index (χ0v) is 11.5. The Labute approximate surface area is 105 Å². The van der Waals surface area contributed by atoms with E-state index in [1.807, 2.05) is 0 Å². The van der Waals surface area contributed by atoms with Crippen molar-refractivity contribution in [3.8, 4) is 0 Å². The number of hydrogen-bond donors (Lipinski definition) is 1. The summed E-state index contributed by atoms with van der Waals surface area (Å²) in [6.45, 7) is 6.41. The van der Waals surface area contributed by atoms with E-state index in [2.05, 4.69) is 31.4 Å². The summed E-state index contributed by atoms with van der Waals surface area (Å²) >= 11 is 4.25. The first-order valence-electron chi connectivity index (χ1n) is 6.52. The monoisotopic (exact) mass is 243 g/mol. The van der Waals surface area contributed by atoms with Crippen LogP contribution >= 0.6 is 12.6 Å². The molecule has 1 aliphatic rings. The fourth-order valence-corrected chi connectivity index (χ4v) is 2.59. The second-order valence-electron chi connectivity index (χ2n) is 5.22. The van der Waals surface area contributed by atoms with E-state index < -0.39 is 0 Å². The lowest BCUT2D eigenvalue weighted by Gasteiger charge is -2.22. The van der Waals surface area contributed by atoms with Crippen molar-refractivity contribution in [2.75, 3.05) is 18.8 Å². The van der Waals surface area contributed by atoms with E-state index >= 15 is 0 Å². The topological polar surface area (TPSA) is 20.3 Å². The molecular weight excluding hydrogens is 218 g/mol. The molecule has 0 aliphatic carbocycles. The number of carbonyl (C=O) groups excluding carboxylic acids is 1. The van der Waals surface area contributed by atoms with Gasteiger partial charge in [0, 0.05) is 19.5 Å². The Kier molecular flexibility index (Phi) is 6.25. The minimum atomic E-state index is 0.363. The summed E-state index contributed by atoms with van der Waals surface area (Å²) in [4.78, 5) is 13.9. The Morgan fingerprint density at radius 2 is 2.19 bits per heavy atom. The molecule has 0 spiro atoms. The zero-order valence-electron chi connectivity index (χ0n) is 10.6. The number of hydrogen-bond acceptors (Lipinski definition) is 2. The normalized spacial score (nSPS) is 24.3. The fraction of sp³-hybridized carbons (Fsp3) is 0.923. The Hall–Kier alpha value is -0.180. The van der Waals surface area contributed by atoms with E-state index in [-0.39, 0.29) is 0 Å². The van der Waals surface area contributed by atoms with Gasteiger partial charge in [0.05, 0.1) is 0 Å². The van der Waals surface area contributed by atoms with Crippen LogP contribution < -0.4 is 0 Å². The molecule has 1 heterocycles. The van der Waals surface area contributed by atoms with Gasteiger partial charge < -0.3 is 4.90 Å². The van der Waals surface area contributed by atoms with Crippen molar-refractivity contribution in [3.05, 3.63) is 0 Å². The maximum atomic E-state index is 11.8. The molecule has 1 saturated heterocycles. The SMILES string of the molecule is CC(CCS)CCN1CCC(C)CCC1=O. The van der Waals surface area contributed by atoms with Gasteiger partial charge in [-0.2, -0.15) is 12.6 Å². The summed E-state index contributed by atoms with van der Waals surface area (Å²) in [5, 5.41) is 0. The summed E-state index contributed by atoms with van der Waals surface area (Å²) in [5.74, 6) is 2.71. The molecule has 3 heteroatoms. The molecule has 2 unspecified atom stereocenters. The van der Waals surface area contributed by atoms with Gasteiger partial charge in [-0.25, -0.2) is 0 Å². The number of rotatable bonds is 5. The van der Waals surface area contributed by atoms with Crippen LogP contribution in [0.25, 0.3) is 0 Å². The number of nitrogens with zero attached hydrogens (tertiary/aromatic N) is 1. The summed E-state index contributed by atoms with van der Waals surface area (Å²) in [7, 11) is 0. The lowest BCUT2D eigenvalue weighted by atomic mass is 10.0. The third-order valence-corrected chi connectivity index (χ3v) is 3.87. The van der Waals surface area contributed by atoms with E-state index in [1.165, 1.54) is 6.42 Å². The Morgan fingerprint density at radius 3 is 2.88 bits per heavy atom. The van der Waals surface area contributed by atoms with Crippen LogP contribution in [0.15, 0.2) is 0 Å². The van der Waals surface area contributed by atoms with E-state index in [0.29, 0.717) is 17.7 Å². The molecule has 0 radical (unpaired) electrons. The van der Waals surface area contributed by atoms with Gasteiger partial charge in [0.15, 0.2) is 0 Å². The number of likely N-dealkylation sites (tertiary alicyclic amines) is 1. The lowest BCUT2D eigenvalue weighted by Crippen LogP contribution is -2.32. The molecule has 0 aromatic rings. The molecule has 16 heavy (non-hydrogen) atoms. The molecule has 0 bridgehead atoms. The van der Waals surface area contributed by atoms with Crippen LogP contribution in [0.2, 0.25) is 0 Å². The molecule has 1 fully saturated rings. The van der Waals surface area contributed by atoms with E-state index in [1.54, 1.807) is 0 Å². The first-order valence-corrected chi connectivity index (χ1v) is 7.15. The molecule has 0 aromatic carbocycles. The summed E-state index contributed by atoms with van der Waals surface area (Å²) in [6, 6.07) is 0. The first kappa shape index (κ1) is 13.9. The van der Waals surface area contributed by atoms with Crippen molar-refractivity contribution >= 4 is 18.5 Å². The smallest absolute Gasteiger partial charge is 0.222 e. The van der Waals surface area contributed by atoms with Crippen LogP contribution in [0.4, 0.5) is 0 Å². The fourth-order valence-electron chi connectivity index (χ4n) is 2.15. The standard InChI is InChI=1S/C13H25NOS/c1-11-3-4-13(15)14(8-5-11)9-6-12(2)7-10-16/h11-12,16H,3-10H2,1-2H3. The zero-order chi connectivity index (χ0) is 12.0. The third-order valence-electron chi connectivity index (χ3n) is 3.61. The van der Waals surface area contributed by atoms with Crippen molar-refractivity contribution in [1.82, 2.24) is 4.90 Å². The third kappa shape index (κ3) is 4.77. The molecule has 94 valence electrons. The van der Waals surface area contributed by atoms with Gasteiger partial charge in [0.1, 0.15) is 0 Å². The Morgan fingerprint density at radius 1 is 1.44 bits per heavy atom. The highest BCUT2D eigenvalue weighted by molar-refractivity contribution is 7.80. The van der Waals surface area contributed by atoms with Gasteiger partial charge in [-0.15, -0.1) is 0 Å². The van der Waals surface area contributed by atoms with Crippen molar-refractivity contribution in [2.45, 2.75) is 46.0 Å². The summed E-state index contributed by atoms with van der Waals surface area (Å²) in [6.07, 6.45) is 5.28. The highest BCUT2D eigenvalue weighted by Gasteiger charge is 2.20. The average Bonchev–Trinajstić information content (AvgIpc) is 2.40. The summed E-state index contributed by atoms with van der Waals surface area (Å²) in [5.41, 5.74) is 0. The predicted octanol–water partition coefficient (Wildman–Crippen LogP) is 2.98. The van der Waals surface area contributed by atoms with Gasteiger partial charge in [0.25, 0.3) is 0 Å². The van der Waals surface area contributed by atoms with Crippen molar-refractivity contribution < 1.29 is 4.79 Å². The molecule has 1 rings (SSSR count). The van der Waals surface area contributed by atoms with Crippen molar-refractivity contribution in [2.24, 2.45) is 11.8 Å². The maximum absolute atomic E-state index is 11.8. The van der Waals surface area contributed by atoms with Crippen molar-refractivity contribution in [1.29, 1.82) is 0 Å². The van der Waals surface area contributed by atoms with Gasteiger partial charge in [-0.3, -0.25) is 4.79 Å². The maximum Gasteiger partial charge on any atom is 0.222 e. The van der Waals surface area contributed by atoms with Crippen LogP contribution in [-0.2, 0) is 4.79 Å². The predicted molar refractivity (Wildman–Crippen MR) is 71.8 cm³/mol. The minimum absolute atomic E-state index is 0.363. The highest BCUT2D eigenvalue weighted by Crippen LogP contribution is 2.18. The van der Waals surface area contributed by atoms with Gasteiger partial charge in [-0.05, 0) is 43.3 Å². The van der Waals surface area contributed by atoms with Crippen LogP contribution in [0, 0.1) is 11.8 Å². The van der Waals surface area contributed by atoms with Crippen molar-refractivity contribution in [3.63, 3.8) is 0 Å². The van der Waals surface area contributed by atoms with Crippen LogP contribution in [-0.4, -0.2) is 29.6 Å². The second kappa shape index (κ2) is 7.21. The van der Waals surface area contributed by atoms with Gasteiger partial charge in [0.2, 0.25) is 5.91 Å². The largest absolute Gasteiger partial charge is 0.343 e. The number of carbonyl (C=O) groups is 1. The van der Waals surface area contributed by atoms with E-state index in [0.717, 1.165) is 44.5 Å². The molecule has 2 nitrogen and oxygen atoms in total. The molecule has 2 atom stereocenters. The average molecular weight is 243 g/mol. The minimum Gasteiger partial charge on any atom is -0.343 e. The van der Waals surface area contributed by atoms with Crippen LogP contribution in [0.3, 0.4) is 0 Å². The van der Waals surface area contributed by atoms with Gasteiger partial charge in [-0.1, -0.05) is 13.8 Å². The highest BCUT2D eigenvalue weighted by atomic mass is 32.1. The quantitative estimate of drug-likeness (QED) is 0.736. The Bertz CT molecular complexity index is 220. The summed E-state index contributed by atoms with van der Waals surface area (Å²) < 4.78 is 0. The molecule has 1 aliphatic heterocycles. The number of amides is 1.